The van der Waals surface area contributed by atoms with Gasteiger partial charge >= 0.3 is 0 Å². The van der Waals surface area contributed by atoms with E-state index < -0.39 is 0 Å². The van der Waals surface area contributed by atoms with Gasteiger partial charge < -0.3 is 5.11 Å². The zero-order chi connectivity index (χ0) is 9.69. The van der Waals surface area contributed by atoms with Crippen LogP contribution in [0.25, 0.3) is 0 Å². The lowest BCUT2D eigenvalue weighted by molar-refractivity contribution is -0.0352. The molecule has 13 heavy (non-hydrogen) atoms. The molecule has 76 valence electrons. The molecule has 0 radical (unpaired) electrons. The van der Waals surface area contributed by atoms with Gasteiger partial charge in [-0.1, -0.05) is 20.8 Å². The Hall–Kier alpha value is -0.0800. The molecule has 1 atom stereocenters. The fourth-order valence-electron chi connectivity index (χ4n) is 2.47. The van der Waals surface area contributed by atoms with Gasteiger partial charge in [-0.2, -0.15) is 0 Å². The Bertz CT molecular complexity index is 195. The molecule has 1 saturated carbocycles. The third kappa shape index (κ3) is 1.62. The van der Waals surface area contributed by atoms with Crippen molar-refractivity contribution in [2.45, 2.75) is 39.7 Å². The maximum atomic E-state index is 9.35. The highest BCUT2D eigenvalue weighted by Crippen LogP contribution is 2.54. The van der Waals surface area contributed by atoms with Crippen LogP contribution in [-0.2, 0) is 0 Å². The van der Waals surface area contributed by atoms with E-state index in [-0.39, 0.29) is 5.41 Å². The van der Waals surface area contributed by atoms with E-state index in [9.17, 15) is 5.11 Å². The van der Waals surface area contributed by atoms with E-state index in [0.29, 0.717) is 18.1 Å². The monoisotopic (exact) mass is 183 g/mol. The second-order valence-corrected chi connectivity index (χ2v) is 5.97. The Morgan fingerprint density at radius 1 is 1.31 bits per heavy atom. The predicted molar refractivity (Wildman–Crippen MR) is 53.6 cm³/mol. The summed E-state index contributed by atoms with van der Waals surface area (Å²) in [5, 5.41) is 9.35. The van der Waals surface area contributed by atoms with Gasteiger partial charge in [0, 0.05) is 19.1 Å². The van der Waals surface area contributed by atoms with Crippen LogP contribution in [-0.4, -0.2) is 35.7 Å². The van der Waals surface area contributed by atoms with Crippen LogP contribution in [0.4, 0.5) is 0 Å². The molecule has 1 aliphatic heterocycles. The summed E-state index contributed by atoms with van der Waals surface area (Å²) >= 11 is 0. The molecule has 0 aromatic rings. The van der Waals surface area contributed by atoms with Crippen LogP contribution >= 0.6 is 0 Å². The maximum Gasteiger partial charge on any atom is 0.0591 e. The second kappa shape index (κ2) is 2.71. The standard InChI is InChI=1S/C11H21NO/c1-10(2,3)9(6-13)12-7-11(8-12)4-5-11/h9,13H,4-8H2,1-3H3. The van der Waals surface area contributed by atoms with Crippen molar-refractivity contribution in [3.8, 4) is 0 Å². The number of rotatable bonds is 2. The Morgan fingerprint density at radius 3 is 2.15 bits per heavy atom. The molecule has 2 aliphatic rings. The zero-order valence-electron chi connectivity index (χ0n) is 9.01. The summed E-state index contributed by atoms with van der Waals surface area (Å²) in [6, 6.07) is 0.360. The normalized spacial score (nSPS) is 28.6. The first-order chi connectivity index (χ1) is 5.97. The third-order valence-electron chi connectivity index (χ3n) is 3.65. The molecular formula is C11H21NO. The van der Waals surface area contributed by atoms with Gasteiger partial charge in [-0.3, -0.25) is 4.90 Å². The minimum Gasteiger partial charge on any atom is -0.395 e. The van der Waals surface area contributed by atoms with Gasteiger partial charge in [0.2, 0.25) is 0 Å². The highest BCUT2D eigenvalue weighted by Gasteiger charge is 2.54. The lowest BCUT2D eigenvalue weighted by atomic mass is 9.82. The van der Waals surface area contributed by atoms with Crippen molar-refractivity contribution >= 4 is 0 Å². The quantitative estimate of drug-likeness (QED) is 0.701. The number of nitrogens with zero attached hydrogens (tertiary/aromatic N) is 1. The van der Waals surface area contributed by atoms with Crippen molar-refractivity contribution in [1.82, 2.24) is 4.90 Å². The lowest BCUT2D eigenvalue weighted by Crippen LogP contribution is -2.58. The van der Waals surface area contributed by atoms with Gasteiger partial charge in [-0.05, 0) is 23.7 Å². The number of hydrogen-bond acceptors (Lipinski definition) is 2. The van der Waals surface area contributed by atoms with Gasteiger partial charge in [0.15, 0.2) is 0 Å². The molecule has 1 unspecified atom stereocenters. The zero-order valence-corrected chi connectivity index (χ0v) is 9.01. The summed E-state index contributed by atoms with van der Waals surface area (Å²) in [7, 11) is 0. The first-order valence-electron chi connectivity index (χ1n) is 5.32. The van der Waals surface area contributed by atoms with E-state index in [0.717, 1.165) is 0 Å². The van der Waals surface area contributed by atoms with Crippen LogP contribution in [0.15, 0.2) is 0 Å². The molecule has 1 saturated heterocycles. The van der Waals surface area contributed by atoms with E-state index in [1.807, 2.05) is 0 Å². The fraction of sp³-hybridized carbons (Fsp3) is 1.00. The van der Waals surface area contributed by atoms with E-state index in [1.54, 1.807) is 0 Å². The molecule has 0 aromatic heterocycles. The van der Waals surface area contributed by atoms with Gasteiger partial charge in [0.1, 0.15) is 0 Å². The van der Waals surface area contributed by atoms with Crippen LogP contribution in [0.5, 0.6) is 0 Å². The van der Waals surface area contributed by atoms with Crippen molar-refractivity contribution in [3.63, 3.8) is 0 Å². The first kappa shape index (κ1) is 9.47. The number of aliphatic hydroxyl groups excluding tert-OH is 1. The van der Waals surface area contributed by atoms with Gasteiger partial charge in [0.05, 0.1) is 6.61 Å². The van der Waals surface area contributed by atoms with Crippen LogP contribution in [0.3, 0.4) is 0 Å². The maximum absolute atomic E-state index is 9.35. The summed E-state index contributed by atoms with van der Waals surface area (Å²) in [6.07, 6.45) is 2.84. The molecule has 0 amide bonds. The van der Waals surface area contributed by atoms with Crippen LogP contribution < -0.4 is 0 Å². The SMILES string of the molecule is CC(C)(C)C(CO)N1CC2(CC2)C1. The molecule has 1 heterocycles. The summed E-state index contributed by atoms with van der Waals surface area (Å²) in [5.74, 6) is 0. The third-order valence-corrected chi connectivity index (χ3v) is 3.65. The Labute approximate surface area is 80.9 Å². The smallest absolute Gasteiger partial charge is 0.0591 e. The molecule has 2 rings (SSSR count). The number of aliphatic hydroxyl groups is 1. The molecule has 1 spiro atoms. The number of hydrogen-bond donors (Lipinski definition) is 1. The van der Waals surface area contributed by atoms with Crippen molar-refractivity contribution in [3.05, 3.63) is 0 Å². The van der Waals surface area contributed by atoms with Crippen molar-refractivity contribution in [2.75, 3.05) is 19.7 Å². The first-order valence-corrected chi connectivity index (χ1v) is 5.32. The van der Waals surface area contributed by atoms with Crippen LogP contribution in [0.2, 0.25) is 0 Å². The lowest BCUT2D eigenvalue weighted by Gasteiger charge is -2.49. The average Bonchev–Trinajstić information content (AvgIpc) is 2.63. The van der Waals surface area contributed by atoms with Gasteiger partial charge in [0.25, 0.3) is 0 Å². The largest absolute Gasteiger partial charge is 0.395 e. The van der Waals surface area contributed by atoms with Gasteiger partial charge in [-0.15, -0.1) is 0 Å². The minimum absolute atomic E-state index is 0.214. The summed E-state index contributed by atoms with van der Waals surface area (Å²) < 4.78 is 0. The van der Waals surface area contributed by atoms with Gasteiger partial charge in [-0.25, -0.2) is 0 Å². The highest BCUT2D eigenvalue weighted by atomic mass is 16.3. The van der Waals surface area contributed by atoms with E-state index >= 15 is 0 Å². The fourth-order valence-corrected chi connectivity index (χ4v) is 2.47. The van der Waals surface area contributed by atoms with E-state index in [1.165, 1.54) is 25.9 Å². The van der Waals surface area contributed by atoms with E-state index in [4.69, 9.17) is 0 Å². The summed E-state index contributed by atoms with van der Waals surface area (Å²) in [6.45, 7) is 9.41. The molecule has 1 aliphatic carbocycles. The van der Waals surface area contributed by atoms with Crippen LogP contribution in [0, 0.1) is 10.8 Å². The molecule has 1 N–H and O–H groups in total. The summed E-state index contributed by atoms with van der Waals surface area (Å²) in [5.41, 5.74) is 0.921. The molecule has 2 heteroatoms. The van der Waals surface area contributed by atoms with Crippen molar-refractivity contribution in [1.29, 1.82) is 0 Å². The average molecular weight is 183 g/mol. The molecule has 0 aromatic carbocycles. The topological polar surface area (TPSA) is 23.5 Å². The Balaban J connectivity index is 1.91. The Kier molecular flexibility index (Phi) is 1.97. The highest BCUT2D eigenvalue weighted by molar-refractivity contribution is 5.07. The molecule has 2 nitrogen and oxygen atoms in total. The van der Waals surface area contributed by atoms with Crippen LogP contribution in [0.1, 0.15) is 33.6 Å². The van der Waals surface area contributed by atoms with Crippen molar-refractivity contribution in [2.24, 2.45) is 10.8 Å². The molecule has 0 bridgehead atoms. The second-order valence-electron chi connectivity index (χ2n) is 5.97. The van der Waals surface area contributed by atoms with E-state index in [2.05, 4.69) is 25.7 Å². The predicted octanol–water partition coefficient (Wildman–Crippen LogP) is 1.49. The number of likely N-dealkylation sites (tertiary alicyclic amines) is 1. The summed E-state index contributed by atoms with van der Waals surface area (Å²) in [4.78, 5) is 2.45. The van der Waals surface area contributed by atoms with Crippen molar-refractivity contribution < 1.29 is 5.11 Å². The molecular weight excluding hydrogens is 162 g/mol. The molecule has 2 fully saturated rings. The Morgan fingerprint density at radius 2 is 1.85 bits per heavy atom. The minimum atomic E-state index is 0.214.